The fourth-order valence-electron chi connectivity index (χ4n) is 1.43. The summed E-state index contributed by atoms with van der Waals surface area (Å²) in [5.41, 5.74) is -0.302. The lowest BCUT2D eigenvalue weighted by atomic mass is 9.81. The van der Waals surface area contributed by atoms with Gasteiger partial charge in [0.1, 0.15) is 0 Å². The molecule has 1 aromatic rings. The molecule has 0 bridgehead atoms. The number of carboxylic acids is 1. The summed E-state index contributed by atoms with van der Waals surface area (Å²) >= 11 is 2.89. The third-order valence-corrected chi connectivity index (χ3v) is 2.94. The van der Waals surface area contributed by atoms with Gasteiger partial charge in [-0.15, -0.1) is 0 Å². The molecule has 0 aliphatic rings. The Morgan fingerprint density at radius 1 is 1.44 bits per heavy atom. The lowest BCUT2D eigenvalue weighted by molar-refractivity contribution is -0.138. The minimum Gasteiger partial charge on any atom is -0.481 e. The molecule has 5 heteroatoms. The van der Waals surface area contributed by atoms with Crippen LogP contribution in [0.25, 0.3) is 0 Å². The molecule has 0 aliphatic carbocycles. The van der Waals surface area contributed by atoms with Gasteiger partial charge in [0, 0.05) is 5.41 Å². The van der Waals surface area contributed by atoms with Crippen LogP contribution in [0.2, 0.25) is 0 Å². The molecular formula is C11H11BrF2O2. The molecule has 0 aliphatic heterocycles. The van der Waals surface area contributed by atoms with E-state index in [0.29, 0.717) is 5.56 Å². The average Bonchev–Trinajstić information content (AvgIpc) is 2.11. The molecule has 16 heavy (non-hydrogen) atoms. The molecule has 0 aromatic heterocycles. The highest BCUT2D eigenvalue weighted by Gasteiger charge is 2.26. The number of halogens is 3. The molecule has 0 atom stereocenters. The van der Waals surface area contributed by atoms with Crippen molar-refractivity contribution in [3.05, 3.63) is 33.8 Å². The first-order valence-corrected chi connectivity index (χ1v) is 5.40. The predicted molar refractivity (Wildman–Crippen MR) is 59.3 cm³/mol. The molecule has 0 spiro atoms. The summed E-state index contributed by atoms with van der Waals surface area (Å²) in [5.74, 6) is -2.93. The molecule has 1 N–H and O–H groups in total. The molecule has 0 saturated heterocycles. The monoisotopic (exact) mass is 292 g/mol. The summed E-state index contributed by atoms with van der Waals surface area (Å²) < 4.78 is 26.2. The molecule has 1 rings (SSSR count). The molecule has 0 amide bonds. The SMILES string of the molecule is CC(C)(CC(=O)O)c1cc(F)c(F)c(Br)c1. The van der Waals surface area contributed by atoms with Crippen molar-refractivity contribution in [2.24, 2.45) is 0 Å². The van der Waals surface area contributed by atoms with E-state index in [1.165, 1.54) is 6.07 Å². The highest BCUT2D eigenvalue weighted by Crippen LogP contribution is 2.31. The zero-order valence-electron chi connectivity index (χ0n) is 8.85. The van der Waals surface area contributed by atoms with Gasteiger partial charge in [-0.1, -0.05) is 13.8 Å². The number of aliphatic carboxylic acids is 1. The van der Waals surface area contributed by atoms with Gasteiger partial charge in [0.2, 0.25) is 0 Å². The van der Waals surface area contributed by atoms with Gasteiger partial charge in [0.15, 0.2) is 11.6 Å². The van der Waals surface area contributed by atoms with Gasteiger partial charge in [-0.2, -0.15) is 0 Å². The maximum absolute atomic E-state index is 13.2. The smallest absolute Gasteiger partial charge is 0.304 e. The van der Waals surface area contributed by atoms with E-state index in [2.05, 4.69) is 15.9 Å². The van der Waals surface area contributed by atoms with Crippen molar-refractivity contribution in [2.45, 2.75) is 25.7 Å². The Kier molecular flexibility index (Phi) is 3.68. The van der Waals surface area contributed by atoms with Crippen molar-refractivity contribution in [2.75, 3.05) is 0 Å². The zero-order valence-corrected chi connectivity index (χ0v) is 10.4. The van der Waals surface area contributed by atoms with Gasteiger partial charge < -0.3 is 5.11 Å². The van der Waals surface area contributed by atoms with Crippen molar-refractivity contribution in [1.82, 2.24) is 0 Å². The van der Waals surface area contributed by atoms with Crippen molar-refractivity contribution >= 4 is 21.9 Å². The van der Waals surface area contributed by atoms with E-state index in [4.69, 9.17) is 5.11 Å². The standard InChI is InChI=1S/C11H11BrF2O2/c1-11(2,5-9(15)16)6-3-7(12)10(14)8(13)4-6/h3-4H,5H2,1-2H3,(H,15,16). The van der Waals surface area contributed by atoms with Crippen LogP contribution in [-0.4, -0.2) is 11.1 Å². The molecule has 2 nitrogen and oxygen atoms in total. The van der Waals surface area contributed by atoms with Crippen LogP contribution in [0, 0.1) is 11.6 Å². The first kappa shape index (κ1) is 13.1. The Bertz CT molecular complexity index is 407. The molecule has 0 radical (unpaired) electrons. The van der Waals surface area contributed by atoms with Crippen LogP contribution in [0.5, 0.6) is 0 Å². The summed E-state index contributed by atoms with van der Waals surface area (Å²) in [5, 5.41) is 8.72. The fraction of sp³-hybridized carbons (Fsp3) is 0.364. The first-order chi connectivity index (χ1) is 7.24. The number of carboxylic acid groups (broad SMARTS) is 1. The number of hydrogen-bond donors (Lipinski definition) is 1. The number of benzene rings is 1. The molecule has 1 aromatic carbocycles. The van der Waals surface area contributed by atoms with E-state index in [-0.39, 0.29) is 10.9 Å². The first-order valence-electron chi connectivity index (χ1n) is 4.61. The maximum atomic E-state index is 13.2. The lowest BCUT2D eigenvalue weighted by Crippen LogP contribution is -2.22. The van der Waals surface area contributed by atoms with Gasteiger partial charge >= 0.3 is 5.97 Å². The van der Waals surface area contributed by atoms with Crippen molar-refractivity contribution in [3.63, 3.8) is 0 Å². The van der Waals surface area contributed by atoms with E-state index in [9.17, 15) is 13.6 Å². The van der Waals surface area contributed by atoms with Gasteiger partial charge in [0.25, 0.3) is 0 Å². The van der Waals surface area contributed by atoms with Gasteiger partial charge in [-0.05, 0) is 33.6 Å². The molecular weight excluding hydrogens is 282 g/mol. The van der Waals surface area contributed by atoms with E-state index in [1.54, 1.807) is 13.8 Å². The quantitative estimate of drug-likeness (QED) is 0.866. The topological polar surface area (TPSA) is 37.3 Å². The summed E-state index contributed by atoms with van der Waals surface area (Å²) in [6, 6.07) is 2.43. The summed E-state index contributed by atoms with van der Waals surface area (Å²) in [7, 11) is 0. The minimum atomic E-state index is -0.983. The average molecular weight is 293 g/mol. The molecule has 0 fully saturated rings. The van der Waals surface area contributed by atoms with Crippen molar-refractivity contribution in [1.29, 1.82) is 0 Å². The van der Waals surface area contributed by atoms with Crippen molar-refractivity contribution < 1.29 is 18.7 Å². The Balaban J connectivity index is 3.18. The van der Waals surface area contributed by atoms with Gasteiger partial charge in [0.05, 0.1) is 10.9 Å². The third kappa shape index (κ3) is 2.78. The number of carbonyl (C=O) groups is 1. The maximum Gasteiger partial charge on any atom is 0.304 e. The molecule has 0 unspecified atom stereocenters. The molecule has 88 valence electrons. The fourth-order valence-corrected chi connectivity index (χ4v) is 1.86. The normalized spacial score (nSPS) is 11.6. The van der Waals surface area contributed by atoms with Crippen LogP contribution < -0.4 is 0 Å². The van der Waals surface area contributed by atoms with E-state index >= 15 is 0 Å². The zero-order chi connectivity index (χ0) is 12.5. The Labute approximate surface area is 100 Å². The second-order valence-electron chi connectivity index (χ2n) is 4.21. The summed E-state index contributed by atoms with van der Waals surface area (Å²) in [6.45, 7) is 3.33. The third-order valence-electron chi connectivity index (χ3n) is 2.36. The highest BCUT2D eigenvalue weighted by molar-refractivity contribution is 9.10. The van der Waals surface area contributed by atoms with Crippen LogP contribution in [0.3, 0.4) is 0 Å². The second-order valence-corrected chi connectivity index (χ2v) is 5.06. The van der Waals surface area contributed by atoms with Crippen LogP contribution in [0.15, 0.2) is 16.6 Å². The van der Waals surface area contributed by atoms with Gasteiger partial charge in [-0.25, -0.2) is 8.78 Å². The van der Waals surface area contributed by atoms with Crippen LogP contribution in [0.1, 0.15) is 25.8 Å². The summed E-state index contributed by atoms with van der Waals surface area (Å²) in [6.07, 6.45) is -0.148. The summed E-state index contributed by atoms with van der Waals surface area (Å²) in [4.78, 5) is 10.6. The molecule has 0 heterocycles. The van der Waals surface area contributed by atoms with E-state index in [1.807, 2.05) is 0 Å². The number of rotatable bonds is 3. The highest BCUT2D eigenvalue weighted by atomic mass is 79.9. The van der Waals surface area contributed by atoms with E-state index in [0.717, 1.165) is 6.07 Å². The molecule has 0 saturated carbocycles. The number of hydrogen-bond acceptors (Lipinski definition) is 1. The Hall–Kier alpha value is -0.970. The van der Waals surface area contributed by atoms with Gasteiger partial charge in [-0.3, -0.25) is 4.79 Å². The Morgan fingerprint density at radius 2 is 2.00 bits per heavy atom. The predicted octanol–water partition coefficient (Wildman–Crippen LogP) is 3.48. The van der Waals surface area contributed by atoms with Crippen LogP contribution in [-0.2, 0) is 10.2 Å². The Morgan fingerprint density at radius 3 is 2.44 bits per heavy atom. The lowest BCUT2D eigenvalue weighted by Gasteiger charge is -2.23. The van der Waals surface area contributed by atoms with Crippen molar-refractivity contribution in [3.8, 4) is 0 Å². The minimum absolute atomic E-state index is 0.000892. The van der Waals surface area contributed by atoms with E-state index < -0.39 is 23.0 Å². The largest absolute Gasteiger partial charge is 0.481 e. The van der Waals surface area contributed by atoms with Crippen LogP contribution in [0.4, 0.5) is 8.78 Å². The second kappa shape index (κ2) is 4.49. The van der Waals surface area contributed by atoms with Crippen LogP contribution >= 0.6 is 15.9 Å².